The van der Waals surface area contributed by atoms with E-state index in [1.807, 2.05) is 24.3 Å². The van der Waals surface area contributed by atoms with Crippen molar-refractivity contribution in [3.63, 3.8) is 0 Å². The molecule has 1 aliphatic rings. The van der Waals surface area contributed by atoms with Crippen LogP contribution < -0.4 is 15.8 Å². The lowest BCUT2D eigenvalue weighted by Gasteiger charge is -2.26. The number of aliphatic imine (C=N–C) groups is 1. The molecule has 1 saturated heterocycles. The molecule has 0 aromatic heterocycles. The van der Waals surface area contributed by atoms with Crippen molar-refractivity contribution in [3.8, 4) is 5.75 Å². The Hall–Kier alpha value is -1.79. The zero-order valence-corrected chi connectivity index (χ0v) is 15.5. The first-order valence-electron chi connectivity index (χ1n) is 9.19. The van der Waals surface area contributed by atoms with E-state index in [-0.39, 0.29) is 0 Å². The first-order chi connectivity index (χ1) is 12.1. The Balaban J connectivity index is 1.62. The van der Waals surface area contributed by atoms with Gasteiger partial charge in [-0.05, 0) is 36.6 Å². The Bertz CT molecular complexity index is 511. The number of hydrogen-bond donors (Lipinski definition) is 2. The van der Waals surface area contributed by atoms with Gasteiger partial charge in [-0.15, -0.1) is 0 Å². The number of morpholine rings is 1. The fourth-order valence-electron chi connectivity index (χ4n) is 2.53. The van der Waals surface area contributed by atoms with E-state index < -0.39 is 0 Å². The maximum Gasteiger partial charge on any atom is 0.188 e. The molecule has 1 heterocycles. The van der Waals surface area contributed by atoms with Crippen LogP contribution in [0.3, 0.4) is 0 Å². The Morgan fingerprint density at radius 3 is 2.68 bits per heavy atom. The van der Waals surface area contributed by atoms with E-state index in [1.54, 1.807) is 0 Å². The molecule has 1 fully saturated rings. The first-order valence-corrected chi connectivity index (χ1v) is 9.19. The normalized spacial score (nSPS) is 16.2. The topological polar surface area (TPSA) is 72.1 Å². The van der Waals surface area contributed by atoms with E-state index in [9.17, 15) is 0 Å². The third-order valence-electron chi connectivity index (χ3n) is 4.00. The molecule has 25 heavy (non-hydrogen) atoms. The average molecular weight is 348 g/mol. The van der Waals surface area contributed by atoms with Crippen LogP contribution in [0.15, 0.2) is 29.3 Å². The average Bonchev–Trinajstić information content (AvgIpc) is 2.63. The second-order valence-electron chi connectivity index (χ2n) is 6.78. The lowest BCUT2D eigenvalue weighted by molar-refractivity contribution is 0.0376. The minimum absolute atomic E-state index is 0.502. The van der Waals surface area contributed by atoms with Gasteiger partial charge in [-0.3, -0.25) is 4.90 Å². The number of hydrogen-bond acceptors (Lipinski definition) is 4. The number of ether oxygens (including phenoxy) is 2. The summed E-state index contributed by atoms with van der Waals surface area (Å²) in [5, 5.41) is 3.18. The van der Waals surface area contributed by atoms with Crippen molar-refractivity contribution in [1.29, 1.82) is 0 Å². The summed E-state index contributed by atoms with van der Waals surface area (Å²) in [5.41, 5.74) is 7.05. The first kappa shape index (κ1) is 19.5. The molecular formula is C19H32N4O2. The van der Waals surface area contributed by atoms with Gasteiger partial charge in [0.2, 0.25) is 0 Å². The van der Waals surface area contributed by atoms with Crippen LogP contribution in [-0.4, -0.2) is 56.9 Å². The third kappa shape index (κ3) is 8.23. The highest BCUT2D eigenvalue weighted by molar-refractivity contribution is 5.77. The molecule has 6 heteroatoms. The second-order valence-corrected chi connectivity index (χ2v) is 6.78. The molecule has 6 nitrogen and oxygen atoms in total. The summed E-state index contributed by atoms with van der Waals surface area (Å²) in [6.45, 7) is 11.2. The van der Waals surface area contributed by atoms with Crippen molar-refractivity contribution in [2.24, 2.45) is 16.6 Å². The van der Waals surface area contributed by atoms with E-state index in [4.69, 9.17) is 15.2 Å². The van der Waals surface area contributed by atoms with Crippen LogP contribution in [0.25, 0.3) is 0 Å². The van der Waals surface area contributed by atoms with Gasteiger partial charge in [-0.2, -0.15) is 0 Å². The summed E-state index contributed by atoms with van der Waals surface area (Å²) in [4.78, 5) is 6.81. The molecule has 1 aliphatic heterocycles. The van der Waals surface area contributed by atoms with Gasteiger partial charge in [0.25, 0.3) is 0 Å². The van der Waals surface area contributed by atoms with Gasteiger partial charge in [-0.1, -0.05) is 26.0 Å². The number of benzene rings is 1. The lowest BCUT2D eigenvalue weighted by atomic mass is 10.2. The van der Waals surface area contributed by atoms with E-state index in [0.29, 0.717) is 18.4 Å². The number of guanidine groups is 1. The molecule has 0 unspecified atom stereocenters. The molecule has 3 N–H and O–H groups in total. The minimum Gasteiger partial charge on any atom is -0.493 e. The molecule has 140 valence electrons. The van der Waals surface area contributed by atoms with Gasteiger partial charge in [0.1, 0.15) is 5.75 Å². The van der Waals surface area contributed by atoms with Crippen LogP contribution in [0, 0.1) is 5.92 Å². The van der Waals surface area contributed by atoms with Gasteiger partial charge in [0, 0.05) is 19.6 Å². The second kappa shape index (κ2) is 10.9. The monoisotopic (exact) mass is 348 g/mol. The summed E-state index contributed by atoms with van der Waals surface area (Å²) in [6.07, 6.45) is 1.05. The Morgan fingerprint density at radius 2 is 2.00 bits per heavy atom. The molecule has 0 aliphatic carbocycles. The standard InChI is InChI=1S/C19H32N4O2/c1-16(2)15-25-18-6-4-17(5-7-18)14-22-19(20)21-8-3-9-23-10-12-24-13-11-23/h4-7,16H,3,8-15H2,1-2H3,(H3,20,21,22). The molecular weight excluding hydrogens is 316 g/mol. The minimum atomic E-state index is 0.502. The van der Waals surface area contributed by atoms with Gasteiger partial charge in [0.05, 0.1) is 26.4 Å². The molecule has 1 aromatic carbocycles. The van der Waals surface area contributed by atoms with Crippen molar-refractivity contribution in [1.82, 2.24) is 10.2 Å². The number of nitrogens with one attached hydrogen (secondary N) is 1. The van der Waals surface area contributed by atoms with Crippen molar-refractivity contribution < 1.29 is 9.47 Å². The summed E-state index contributed by atoms with van der Waals surface area (Å²) in [6, 6.07) is 8.04. The summed E-state index contributed by atoms with van der Waals surface area (Å²) in [5.74, 6) is 1.93. The third-order valence-corrected chi connectivity index (χ3v) is 4.00. The van der Waals surface area contributed by atoms with Crippen LogP contribution >= 0.6 is 0 Å². The fraction of sp³-hybridized carbons (Fsp3) is 0.632. The van der Waals surface area contributed by atoms with Crippen LogP contribution in [0.1, 0.15) is 25.8 Å². The lowest BCUT2D eigenvalue weighted by Crippen LogP contribution is -2.39. The van der Waals surface area contributed by atoms with Crippen LogP contribution in [0.4, 0.5) is 0 Å². The van der Waals surface area contributed by atoms with Gasteiger partial charge >= 0.3 is 0 Å². The number of rotatable bonds is 9. The smallest absolute Gasteiger partial charge is 0.188 e. The fourth-order valence-corrected chi connectivity index (χ4v) is 2.53. The highest BCUT2D eigenvalue weighted by Gasteiger charge is 2.08. The quantitative estimate of drug-likeness (QED) is 0.405. The van der Waals surface area contributed by atoms with Crippen molar-refractivity contribution in [2.45, 2.75) is 26.8 Å². The molecule has 0 spiro atoms. The van der Waals surface area contributed by atoms with Crippen LogP contribution in [0.5, 0.6) is 5.75 Å². The number of nitrogens with two attached hydrogens (primary N) is 1. The largest absolute Gasteiger partial charge is 0.493 e. The molecule has 0 atom stereocenters. The SMILES string of the molecule is CC(C)COc1ccc(CN=C(N)NCCCN2CCOCC2)cc1. The predicted octanol–water partition coefficient (Wildman–Crippen LogP) is 1.85. The van der Waals surface area contributed by atoms with Gasteiger partial charge in [-0.25, -0.2) is 4.99 Å². The Labute approximate surface area is 151 Å². The van der Waals surface area contributed by atoms with Gasteiger partial charge in [0.15, 0.2) is 5.96 Å². The Kier molecular flexibility index (Phi) is 8.55. The van der Waals surface area contributed by atoms with E-state index in [1.165, 1.54) is 0 Å². The van der Waals surface area contributed by atoms with Crippen molar-refractivity contribution in [3.05, 3.63) is 29.8 Å². The predicted molar refractivity (Wildman–Crippen MR) is 102 cm³/mol. The molecule has 2 rings (SSSR count). The highest BCUT2D eigenvalue weighted by Crippen LogP contribution is 2.13. The van der Waals surface area contributed by atoms with Crippen LogP contribution in [0.2, 0.25) is 0 Å². The molecule has 0 bridgehead atoms. The zero-order chi connectivity index (χ0) is 17.9. The maximum absolute atomic E-state index is 5.93. The molecule has 0 saturated carbocycles. The van der Waals surface area contributed by atoms with Gasteiger partial charge < -0.3 is 20.5 Å². The molecule has 0 amide bonds. The summed E-state index contributed by atoms with van der Waals surface area (Å²) >= 11 is 0. The van der Waals surface area contributed by atoms with E-state index in [2.05, 4.69) is 29.1 Å². The molecule has 1 aromatic rings. The van der Waals surface area contributed by atoms with Crippen LogP contribution in [-0.2, 0) is 11.3 Å². The zero-order valence-electron chi connectivity index (χ0n) is 15.5. The summed E-state index contributed by atoms with van der Waals surface area (Å²) in [7, 11) is 0. The van der Waals surface area contributed by atoms with E-state index >= 15 is 0 Å². The highest BCUT2D eigenvalue weighted by atomic mass is 16.5. The molecule has 0 radical (unpaired) electrons. The van der Waals surface area contributed by atoms with Crippen molar-refractivity contribution in [2.75, 3.05) is 46.0 Å². The van der Waals surface area contributed by atoms with Crippen molar-refractivity contribution >= 4 is 5.96 Å². The summed E-state index contributed by atoms with van der Waals surface area (Å²) < 4.78 is 11.0. The van der Waals surface area contributed by atoms with E-state index in [0.717, 1.165) is 63.7 Å². The number of nitrogens with zero attached hydrogens (tertiary/aromatic N) is 2. The maximum atomic E-state index is 5.93. The Morgan fingerprint density at radius 1 is 1.28 bits per heavy atom.